The molecule has 1 atom stereocenters. The number of amides is 1. The minimum absolute atomic E-state index is 0.0813. The maximum Gasteiger partial charge on any atom is 0.233 e. The zero-order valence-electron chi connectivity index (χ0n) is 10.9. The summed E-state index contributed by atoms with van der Waals surface area (Å²) in [6, 6.07) is 0. The van der Waals surface area contributed by atoms with Gasteiger partial charge in [0.2, 0.25) is 5.91 Å². The van der Waals surface area contributed by atoms with Crippen LogP contribution in [0, 0.1) is 5.41 Å². The van der Waals surface area contributed by atoms with Crippen molar-refractivity contribution in [2.45, 2.75) is 52.4 Å². The minimum Gasteiger partial charge on any atom is -0.355 e. The Labute approximate surface area is 104 Å². The fourth-order valence-corrected chi connectivity index (χ4v) is 2.21. The molecular formula is C14H23NO2. The molecule has 3 heteroatoms. The molecule has 0 aliphatic carbocycles. The van der Waals surface area contributed by atoms with Crippen molar-refractivity contribution in [3.63, 3.8) is 0 Å². The van der Waals surface area contributed by atoms with Crippen LogP contribution < -0.4 is 5.32 Å². The van der Waals surface area contributed by atoms with Crippen LogP contribution in [-0.2, 0) is 9.59 Å². The van der Waals surface area contributed by atoms with Gasteiger partial charge in [-0.05, 0) is 46.0 Å². The van der Waals surface area contributed by atoms with E-state index in [0.717, 1.165) is 25.7 Å². The van der Waals surface area contributed by atoms with E-state index in [-0.39, 0.29) is 11.7 Å². The monoisotopic (exact) mass is 237 g/mol. The van der Waals surface area contributed by atoms with Crippen molar-refractivity contribution >= 4 is 11.7 Å². The van der Waals surface area contributed by atoms with E-state index >= 15 is 0 Å². The van der Waals surface area contributed by atoms with Gasteiger partial charge in [0.25, 0.3) is 0 Å². The summed E-state index contributed by atoms with van der Waals surface area (Å²) in [7, 11) is 0. The van der Waals surface area contributed by atoms with E-state index in [2.05, 4.69) is 11.4 Å². The van der Waals surface area contributed by atoms with E-state index in [1.54, 1.807) is 6.92 Å². The van der Waals surface area contributed by atoms with Gasteiger partial charge in [-0.15, -0.1) is 0 Å². The zero-order valence-corrected chi connectivity index (χ0v) is 10.9. The van der Waals surface area contributed by atoms with Gasteiger partial charge >= 0.3 is 0 Å². The Hall–Kier alpha value is -1.12. The van der Waals surface area contributed by atoms with Gasteiger partial charge in [0, 0.05) is 13.0 Å². The number of hydrogen-bond donors (Lipinski definition) is 1. The summed E-state index contributed by atoms with van der Waals surface area (Å²) in [6.45, 7) is 4.50. The Kier molecular flexibility index (Phi) is 5.39. The number of Topliss-reactive ketones (excluding diaryl/α,β-unsaturated/α-hetero) is 1. The third-order valence-electron chi connectivity index (χ3n) is 3.52. The normalized spacial score (nSPS) is 24.9. The van der Waals surface area contributed by atoms with Gasteiger partial charge in [-0.3, -0.25) is 9.59 Å². The summed E-state index contributed by atoms with van der Waals surface area (Å²) < 4.78 is 0. The fraction of sp³-hybridized carbons (Fsp3) is 0.714. The third-order valence-corrected chi connectivity index (χ3v) is 3.52. The molecule has 0 aromatic rings. The Bertz CT molecular complexity index is 309. The van der Waals surface area contributed by atoms with Crippen LogP contribution in [-0.4, -0.2) is 18.2 Å². The van der Waals surface area contributed by atoms with Gasteiger partial charge in [0.15, 0.2) is 0 Å². The summed E-state index contributed by atoms with van der Waals surface area (Å²) in [5.74, 6) is 0.0254. The van der Waals surface area contributed by atoms with Crippen LogP contribution in [0.2, 0.25) is 0 Å². The van der Waals surface area contributed by atoms with Crippen molar-refractivity contribution in [2.24, 2.45) is 5.41 Å². The first-order chi connectivity index (χ1) is 8.11. The Morgan fingerprint density at radius 3 is 2.88 bits per heavy atom. The SMILES string of the molecule is CC=CCCCCC(=O)C1(C)CCCNC1=O. The Morgan fingerprint density at radius 2 is 2.24 bits per heavy atom. The lowest BCUT2D eigenvalue weighted by Crippen LogP contribution is -2.48. The van der Waals surface area contributed by atoms with Gasteiger partial charge < -0.3 is 5.32 Å². The number of hydrogen-bond acceptors (Lipinski definition) is 2. The van der Waals surface area contributed by atoms with Gasteiger partial charge in [-0.25, -0.2) is 0 Å². The molecule has 1 amide bonds. The highest BCUT2D eigenvalue weighted by atomic mass is 16.2. The van der Waals surface area contributed by atoms with Crippen LogP contribution in [0.4, 0.5) is 0 Å². The maximum absolute atomic E-state index is 12.1. The minimum atomic E-state index is -0.765. The summed E-state index contributed by atoms with van der Waals surface area (Å²) in [5.41, 5.74) is -0.765. The molecule has 0 aromatic heterocycles. The van der Waals surface area contributed by atoms with Crippen molar-refractivity contribution in [1.29, 1.82) is 0 Å². The highest BCUT2D eigenvalue weighted by Gasteiger charge is 2.41. The van der Waals surface area contributed by atoms with Gasteiger partial charge in [0.1, 0.15) is 11.2 Å². The molecule has 1 rings (SSSR count). The largest absolute Gasteiger partial charge is 0.355 e. The Morgan fingerprint density at radius 1 is 1.47 bits per heavy atom. The lowest BCUT2D eigenvalue weighted by atomic mass is 9.76. The highest BCUT2D eigenvalue weighted by Crippen LogP contribution is 2.29. The molecule has 0 bridgehead atoms. The highest BCUT2D eigenvalue weighted by molar-refractivity contribution is 6.05. The van der Waals surface area contributed by atoms with Gasteiger partial charge in [0.05, 0.1) is 0 Å². The zero-order chi connectivity index (χ0) is 12.7. The molecule has 1 fully saturated rings. The molecule has 1 aliphatic heterocycles. The standard InChI is InChI=1S/C14H23NO2/c1-3-4-5-6-7-9-12(16)14(2)10-8-11-15-13(14)17/h3-4H,5-11H2,1-2H3,(H,15,17). The van der Waals surface area contributed by atoms with E-state index in [9.17, 15) is 9.59 Å². The summed E-state index contributed by atoms with van der Waals surface area (Å²) >= 11 is 0. The lowest BCUT2D eigenvalue weighted by Gasteiger charge is -2.31. The summed E-state index contributed by atoms with van der Waals surface area (Å²) in [4.78, 5) is 23.8. The number of allylic oxidation sites excluding steroid dienone is 2. The van der Waals surface area contributed by atoms with E-state index < -0.39 is 5.41 Å². The molecule has 17 heavy (non-hydrogen) atoms. The quantitative estimate of drug-likeness (QED) is 0.438. The number of carbonyl (C=O) groups excluding carboxylic acids is 2. The molecule has 1 N–H and O–H groups in total. The molecule has 0 radical (unpaired) electrons. The van der Waals surface area contributed by atoms with E-state index in [0.29, 0.717) is 19.4 Å². The average Bonchev–Trinajstić information content (AvgIpc) is 2.32. The first-order valence-electron chi connectivity index (χ1n) is 6.54. The van der Waals surface area contributed by atoms with Crippen molar-refractivity contribution < 1.29 is 9.59 Å². The van der Waals surface area contributed by atoms with Crippen molar-refractivity contribution in [3.8, 4) is 0 Å². The third kappa shape index (κ3) is 3.69. The molecule has 0 spiro atoms. The summed E-state index contributed by atoms with van der Waals surface area (Å²) in [6.07, 6.45) is 9.20. The predicted molar refractivity (Wildman–Crippen MR) is 68.6 cm³/mol. The number of rotatable bonds is 6. The molecule has 0 aromatic carbocycles. The van der Waals surface area contributed by atoms with Crippen LogP contribution in [0.5, 0.6) is 0 Å². The summed E-state index contributed by atoms with van der Waals surface area (Å²) in [5, 5.41) is 2.79. The smallest absolute Gasteiger partial charge is 0.233 e. The fourth-order valence-electron chi connectivity index (χ4n) is 2.21. The second-order valence-corrected chi connectivity index (χ2v) is 4.93. The number of carbonyl (C=O) groups is 2. The van der Waals surface area contributed by atoms with Crippen molar-refractivity contribution in [2.75, 3.05) is 6.54 Å². The second-order valence-electron chi connectivity index (χ2n) is 4.93. The van der Waals surface area contributed by atoms with E-state index in [1.807, 2.05) is 13.0 Å². The second kappa shape index (κ2) is 6.58. The van der Waals surface area contributed by atoms with Crippen molar-refractivity contribution in [3.05, 3.63) is 12.2 Å². The molecule has 1 heterocycles. The van der Waals surface area contributed by atoms with Crippen LogP contribution in [0.3, 0.4) is 0 Å². The number of piperidine rings is 1. The maximum atomic E-state index is 12.1. The van der Waals surface area contributed by atoms with Gasteiger partial charge in [-0.2, -0.15) is 0 Å². The number of nitrogens with one attached hydrogen (secondary N) is 1. The molecule has 1 unspecified atom stereocenters. The topological polar surface area (TPSA) is 46.2 Å². The van der Waals surface area contributed by atoms with Crippen molar-refractivity contribution in [1.82, 2.24) is 5.32 Å². The number of unbranched alkanes of at least 4 members (excludes halogenated alkanes) is 2. The van der Waals surface area contributed by atoms with Crippen LogP contribution in [0.15, 0.2) is 12.2 Å². The lowest BCUT2D eigenvalue weighted by molar-refractivity contribution is -0.143. The number of ketones is 1. The first kappa shape index (κ1) is 13.9. The predicted octanol–water partition coefficient (Wildman–Crippen LogP) is 2.61. The van der Waals surface area contributed by atoms with Crippen LogP contribution in [0.25, 0.3) is 0 Å². The first-order valence-corrected chi connectivity index (χ1v) is 6.54. The molecule has 1 saturated heterocycles. The Balaban J connectivity index is 2.37. The average molecular weight is 237 g/mol. The molecule has 0 saturated carbocycles. The molecular weight excluding hydrogens is 214 g/mol. The molecule has 1 aliphatic rings. The van der Waals surface area contributed by atoms with E-state index in [4.69, 9.17) is 0 Å². The van der Waals surface area contributed by atoms with Gasteiger partial charge in [-0.1, -0.05) is 12.2 Å². The van der Waals surface area contributed by atoms with Crippen LogP contribution >= 0.6 is 0 Å². The molecule has 96 valence electrons. The van der Waals surface area contributed by atoms with E-state index in [1.165, 1.54) is 0 Å². The van der Waals surface area contributed by atoms with Crippen LogP contribution in [0.1, 0.15) is 52.4 Å². The molecule has 3 nitrogen and oxygen atoms in total.